The number of hydrogen-bond acceptors (Lipinski definition) is 4. The van der Waals surface area contributed by atoms with Gasteiger partial charge in [0.1, 0.15) is 4.21 Å². The van der Waals surface area contributed by atoms with Crippen molar-refractivity contribution in [2.45, 2.75) is 30.5 Å². The van der Waals surface area contributed by atoms with Crippen LogP contribution in [0.2, 0.25) is 0 Å². The van der Waals surface area contributed by atoms with E-state index in [9.17, 15) is 8.42 Å². The highest BCUT2D eigenvalue weighted by molar-refractivity contribution is 7.91. The van der Waals surface area contributed by atoms with Crippen LogP contribution in [0.1, 0.15) is 24.6 Å². The van der Waals surface area contributed by atoms with Crippen LogP contribution in [0.5, 0.6) is 0 Å². The maximum atomic E-state index is 11.3. The average Bonchev–Trinajstić information content (AvgIpc) is 2.92. The maximum absolute atomic E-state index is 11.3. The standard InChI is InChI=1S/C14H24N4O2S2/c1-4-6-7-10-18(3)14(16-5-2)17-11-12-8-9-13(21-12)22(15,19)20/h4,8-9H,1,5-7,10-11H2,2-3H3,(H,16,17)(H2,15,19,20). The number of primary sulfonamides is 1. The van der Waals surface area contributed by atoms with Crippen LogP contribution in [-0.4, -0.2) is 39.4 Å². The smallest absolute Gasteiger partial charge is 0.247 e. The summed E-state index contributed by atoms with van der Waals surface area (Å²) in [5, 5.41) is 8.34. The topological polar surface area (TPSA) is 87.8 Å². The van der Waals surface area contributed by atoms with Gasteiger partial charge < -0.3 is 10.2 Å². The summed E-state index contributed by atoms with van der Waals surface area (Å²) in [6.45, 7) is 7.81. The minimum atomic E-state index is -3.63. The summed E-state index contributed by atoms with van der Waals surface area (Å²) in [7, 11) is -1.65. The molecule has 0 fully saturated rings. The number of guanidine groups is 1. The van der Waals surface area contributed by atoms with Gasteiger partial charge in [0.05, 0.1) is 6.54 Å². The third-order valence-electron chi connectivity index (χ3n) is 2.90. The molecule has 0 spiro atoms. The minimum absolute atomic E-state index is 0.169. The highest BCUT2D eigenvalue weighted by atomic mass is 32.2. The summed E-state index contributed by atoms with van der Waals surface area (Å²) in [4.78, 5) is 7.46. The van der Waals surface area contributed by atoms with Crippen molar-refractivity contribution in [2.24, 2.45) is 10.1 Å². The van der Waals surface area contributed by atoms with E-state index in [0.29, 0.717) is 6.54 Å². The Morgan fingerprint density at radius 1 is 1.55 bits per heavy atom. The normalized spacial score (nSPS) is 12.2. The SMILES string of the molecule is C=CCCCN(C)C(=NCc1ccc(S(N)(=O)=O)s1)NCC. The zero-order valence-corrected chi connectivity index (χ0v) is 14.7. The van der Waals surface area contributed by atoms with Crippen molar-refractivity contribution in [1.82, 2.24) is 10.2 Å². The molecule has 0 radical (unpaired) electrons. The molecular formula is C14H24N4O2S2. The zero-order chi connectivity index (χ0) is 16.6. The summed E-state index contributed by atoms with van der Waals surface area (Å²) in [5.74, 6) is 0.803. The Bertz CT molecular complexity index is 608. The highest BCUT2D eigenvalue weighted by Crippen LogP contribution is 2.20. The summed E-state index contributed by atoms with van der Waals surface area (Å²) < 4.78 is 22.7. The molecule has 0 amide bonds. The van der Waals surface area contributed by atoms with Crippen molar-refractivity contribution in [2.75, 3.05) is 20.1 Å². The monoisotopic (exact) mass is 344 g/mol. The first-order valence-electron chi connectivity index (χ1n) is 7.10. The van der Waals surface area contributed by atoms with Gasteiger partial charge in [-0.25, -0.2) is 18.5 Å². The van der Waals surface area contributed by atoms with Crippen LogP contribution < -0.4 is 10.5 Å². The van der Waals surface area contributed by atoms with Gasteiger partial charge in [-0.15, -0.1) is 17.9 Å². The van der Waals surface area contributed by atoms with Gasteiger partial charge in [0.25, 0.3) is 0 Å². The first-order chi connectivity index (χ1) is 10.4. The minimum Gasteiger partial charge on any atom is -0.357 e. The lowest BCUT2D eigenvalue weighted by atomic mass is 10.3. The molecule has 6 nitrogen and oxygen atoms in total. The average molecular weight is 345 g/mol. The molecule has 3 N–H and O–H groups in total. The van der Waals surface area contributed by atoms with Crippen LogP contribution in [0.3, 0.4) is 0 Å². The van der Waals surface area contributed by atoms with E-state index < -0.39 is 10.0 Å². The van der Waals surface area contributed by atoms with E-state index in [1.807, 2.05) is 20.0 Å². The van der Waals surface area contributed by atoms with Gasteiger partial charge in [0, 0.05) is 25.0 Å². The van der Waals surface area contributed by atoms with Crippen LogP contribution in [0.15, 0.2) is 34.0 Å². The molecule has 0 saturated heterocycles. The first kappa shape index (κ1) is 18.7. The number of allylic oxidation sites excluding steroid dienone is 1. The predicted octanol–water partition coefficient (Wildman–Crippen LogP) is 1.76. The van der Waals surface area contributed by atoms with E-state index in [4.69, 9.17) is 5.14 Å². The van der Waals surface area contributed by atoms with Crippen LogP contribution in [0, 0.1) is 0 Å². The molecule has 22 heavy (non-hydrogen) atoms. The van der Waals surface area contributed by atoms with Crippen LogP contribution in [-0.2, 0) is 16.6 Å². The second-order valence-corrected chi connectivity index (χ2v) is 7.74. The van der Waals surface area contributed by atoms with Gasteiger partial charge in [-0.1, -0.05) is 6.08 Å². The van der Waals surface area contributed by atoms with Crippen LogP contribution in [0.4, 0.5) is 0 Å². The molecule has 0 bridgehead atoms. The van der Waals surface area contributed by atoms with Crippen molar-refractivity contribution in [1.29, 1.82) is 0 Å². The van der Waals surface area contributed by atoms with Crippen molar-refractivity contribution >= 4 is 27.3 Å². The molecule has 0 aliphatic carbocycles. The second kappa shape index (κ2) is 8.92. The Hall–Kier alpha value is -1.38. The van der Waals surface area contributed by atoms with Gasteiger partial charge in [-0.2, -0.15) is 0 Å². The fourth-order valence-corrected chi connectivity index (χ4v) is 3.50. The zero-order valence-electron chi connectivity index (χ0n) is 13.1. The number of nitrogens with two attached hydrogens (primary N) is 1. The van der Waals surface area contributed by atoms with Crippen molar-refractivity contribution in [3.63, 3.8) is 0 Å². The van der Waals surface area contributed by atoms with E-state index in [2.05, 4.69) is 21.8 Å². The van der Waals surface area contributed by atoms with Gasteiger partial charge in [-0.05, 0) is 31.9 Å². The Morgan fingerprint density at radius 2 is 2.27 bits per heavy atom. The Morgan fingerprint density at radius 3 is 2.82 bits per heavy atom. The second-order valence-electron chi connectivity index (χ2n) is 4.79. The van der Waals surface area contributed by atoms with E-state index in [-0.39, 0.29) is 4.21 Å². The quantitative estimate of drug-likeness (QED) is 0.325. The largest absolute Gasteiger partial charge is 0.357 e. The summed E-state index contributed by atoms with van der Waals surface area (Å²) in [5.41, 5.74) is 0. The lowest BCUT2D eigenvalue weighted by Gasteiger charge is -2.21. The number of unbranched alkanes of at least 4 members (excludes halogenated alkanes) is 1. The lowest BCUT2D eigenvalue weighted by Crippen LogP contribution is -2.39. The molecule has 124 valence electrons. The molecule has 1 rings (SSSR count). The number of nitrogens with zero attached hydrogens (tertiary/aromatic N) is 2. The Balaban J connectivity index is 2.72. The lowest BCUT2D eigenvalue weighted by molar-refractivity contribution is 0.470. The third-order valence-corrected chi connectivity index (χ3v) is 5.41. The number of aliphatic imine (C=N–C) groups is 1. The van der Waals surface area contributed by atoms with Gasteiger partial charge in [-0.3, -0.25) is 0 Å². The molecule has 1 aromatic heterocycles. The number of rotatable bonds is 8. The molecule has 1 heterocycles. The van der Waals surface area contributed by atoms with Gasteiger partial charge >= 0.3 is 0 Å². The molecule has 0 unspecified atom stereocenters. The van der Waals surface area contributed by atoms with Crippen molar-refractivity contribution in [3.05, 3.63) is 29.7 Å². The predicted molar refractivity (Wildman–Crippen MR) is 92.6 cm³/mol. The fourth-order valence-electron chi connectivity index (χ4n) is 1.80. The maximum Gasteiger partial charge on any atom is 0.247 e. The molecule has 0 aliphatic heterocycles. The number of hydrogen-bond donors (Lipinski definition) is 2. The first-order valence-corrected chi connectivity index (χ1v) is 9.46. The van der Waals surface area contributed by atoms with E-state index in [0.717, 1.165) is 48.1 Å². The number of thiophene rings is 1. The molecule has 8 heteroatoms. The van der Waals surface area contributed by atoms with E-state index in [1.54, 1.807) is 6.07 Å². The van der Waals surface area contributed by atoms with E-state index >= 15 is 0 Å². The van der Waals surface area contributed by atoms with Crippen LogP contribution >= 0.6 is 11.3 Å². The van der Waals surface area contributed by atoms with Gasteiger partial charge in [0.15, 0.2) is 5.96 Å². The molecule has 0 atom stereocenters. The Labute approximate surface area is 136 Å². The third kappa shape index (κ3) is 6.17. The number of sulfonamides is 1. The van der Waals surface area contributed by atoms with Crippen molar-refractivity contribution < 1.29 is 8.42 Å². The van der Waals surface area contributed by atoms with E-state index in [1.165, 1.54) is 6.07 Å². The van der Waals surface area contributed by atoms with Gasteiger partial charge in [0.2, 0.25) is 10.0 Å². The summed E-state index contributed by atoms with van der Waals surface area (Å²) >= 11 is 1.15. The number of nitrogens with one attached hydrogen (secondary N) is 1. The molecule has 1 aromatic rings. The summed E-state index contributed by atoms with van der Waals surface area (Å²) in [6, 6.07) is 3.26. The molecule has 0 aromatic carbocycles. The summed E-state index contributed by atoms with van der Waals surface area (Å²) in [6.07, 6.45) is 3.88. The molecule has 0 saturated carbocycles. The fraction of sp³-hybridized carbons (Fsp3) is 0.500. The van der Waals surface area contributed by atoms with Crippen LogP contribution in [0.25, 0.3) is 0 Å². The van der Waals surface area contributed by atoms with Crippen molar-refractivity contribution in [3.8, 4) is 0 Å². The highest BCUT2D eigenvalue weighted by Gasteiger charge is 2.11. The molecule has 0 aliphatic rings. The Kier molecular flexibility index (Phi) is 7.57. The molecular weight excluding hydrogens is 320 g/mol.